The molecule has 0 aliphatic heterocycles. The van der Waals surface area contributed by atoms with Crippen molar-refractivity contribution in [2.45, 2.75) is 26.2 Å². The van der Waals surface area contributed by atoms with Crippen LogP contribution in [0, 0.1) is 0 Å². The van der Waals surface area contributed by atoms with E-state index < -0.39 is 5.97 Å². The maximum Gasteiger partial charge on any atom is 0.323 e. The molecule has 0 aromatic heterocycles. The van der Waals surface area contributed by atoms with E-state index in [1.807, 2.05) is 44.2 Å². The number of carbonyl (C=O) groups is 2. The van der Waals surface area contributed by atoms with Gasteiger partial charge in [-0.3, -0.25) is 4.79 Å². The van der Waals surface area contributed by atoms with Crippen molar-refractivity contribution in [2.24, 2.45) is 0 Å². The van der Waals surface area contributed by atoms with E-state index in [0.717, 1.165) is 12.0 Å². The predicted octanol–water partition coefficient (Wildman–Crippen LogP) is 2.30. The summed E-state index contributed by atoms with van der Waals surface area (Å²) >= 11 is 0. The highest BCUT2D eigenvalue weighted by molar-refractivity contribution is 5.80. The zero-order valence-electron chi connectivity index (χ0n) is 12.0. The Hall–Kier alpha value is -2.04. The number of rotatable bonds is 7. The molecule has 5 nitrogen and oxygen atoms in total. The van der Waals surface area contributed by atoms with Gasteiger partial charge in [-0.1, -0.05) is 44.2 Å². The fraction of sp³-hybridized carbons (Fsp3) is 0.467. The summed E-state index contributed by atoms with van der Waals surface area (Å²) in [6.07, 6.45) is 0.731. The van der Waals surface area contributed by atoms with Gasteiger partial charge in [0.15, 0.2) is 0 Å². The molecule has 0 radical (unpaired) electrons. The van der Waals surface area contributed by atoms with Gasteiger partial charge in [0.2, 0.25) is 0 Å². The number of amides is 2. The Balaban J connectivity index is 2.50. The molecule has 110 valence electrons. The number of carboxylic acids is 1. The van der Waals surface area contributed by atoms with E-state index >= 15 is 0 Å². The second kappa shape index (κ2) is 8.19. The number of hydrogen-bond acceptors (Lipinski definition) is 2. The molecule has 20 heavy (non-hydrogen) atoms. The van der Waals surface area contributed by atoms with Crippen molar-refractivity contribution in [3.63, 3.8) is 0 Å². The highest BCUT2D eigenvalue weighted by atomic mass is 16.4. The van der Waals surface area contributed by atoms with Gasteiger partial charge in [0.05, 0.1) is 0 Å². The maximum absolute atomic E-state index is 12.0. The number of carbonyl (C=O) groups excluding carboxylic acids is 1. The van der Waals surface area contributed by atoms with Gasteiger partial charge in [-0.2, -0.15) is 0 Å². The summed E-state index contributed by atoms with van der Waals surface area (Å²) in [6.45, 7) is 4.60. The fourth-order valence-corrected chi connectivity index (χ4v) is 1.94. The molecule has 5 heteroatoms. The Labute approximate surface area is 119 Å². The zero-order chi connectivity index (χ0) is 15.0. The van der Waals surface area contributed by atoms with Gasteiger partial charge in [0, 0.05) is 13.1 Å². The van der Waals surface area contributed by atoms with Crippen LogP contribution < -0.4 is 5.32 Å². The zero-order valence-corrected chi connectivity index (χ0v) is 12.0. The number of hydrogen-bond donors (Lipinski definition) is 2. The summed E-state index contributed by atoms with van der Waals surface area (Å²) in [5, 5.41) is 11.6. The third-order valence-corrected chi connectivity index (χ3v) is 3.03. The molecule has 0 spiro atoms. The van der Waals surface area contributed by atoms with Gasteiger partial charge in [-0.25, -0.2) is 4.79 Å². The molecule has 0 bridgehead atoms. The van der Waals surface area contributed by atoms with Gasteiger partial charge in [0.1, 0.15) is 6.54 Å². The van der Waals surface area contributed by atoms with Crippen molar-refractivity contribution in [3.8, 4) is 0 Å². The van der Waals surface area contributed by atoms with Crippen LogP contribution in [0.5, 0.6) is 0 Å². The Morgan fingerprint density at radius 1 is 1.30 bits per heavy atom. The van der Waals surface area contributed by atoms with Gasteiger partial charge in [0.25, 0.3) is 0 Å². The Morgan fingerprint density at radius 2 is 1.95 bits per heavy atom. The van der Waals surface area contributed by atoms with Crippen molar-refractivity contribution in [2.75, 3.05) is 19.6 Å². The average Bonchev–Trinajstić information content (AvgIpc) is 2.44. The van der Waals surface area contributed by atoms with E-state index in [9.17, 15) is 9.59 Å². The van der Waals surface area contributed by atoms with Gasteiger partial charge >= 0.3 is 12.0 Å². The van der Waals surface area contributed by atoms with Crippen LogP contribution >= 0.6 is 0 Å². The molecule has 1 atom stereocenters. The number of carboxylic acid groups (broad SMARTS) is 1. The number of nitrogens with one attached hydrogen (secondary N) is 1. The SMILES string of the molecule is CCCN(CC(=O)O)C(=O)NCC(C)c1ccccc1. The second-order valence-corrected chi connectivity index (χ2v) is 4.81. The van der Waals surface area contributed by atoms with Crippen LogP contribution in [0.15, 0.2) is 30.3 Å². The van der Waals surface area contributed by atoms with E-state index in [-0.39, 0.29) is 18.5 Å². The monoisotopic (exact) mass is 278 g/mol. The summed E-state index contributed by atoms with van der Waals surface area (Å²) < 4.78 is 0. The lowest BCUT2D eigenvalue weighted by atomic mass is 10.0. The van der Waals surface area contributed by atoms with Crippen molar-refractivity contribution in [3.05, 3.63) is 35.9 Å². The first kappa shape index (κ1) is 16.0. The first-order valence-electron chi connectivity index (χ1n) is 6.84. The Morgan fingerprint density at radius 3 is 2.50 bits per heavy atom. The fourth-order valence-electron chi connectivity index (χ4n) is 1.94. The highest BCUT2D eigenvalue weighted by Gasteiger charge is 2.16. The van der Waals surface area contributed by atoms with E-state index in [2.05, 4.69) is 5.32 Å². The minimum atomic E-state index is -0.996. The summed E-state index contributed by atoms with van der Waals surface area (Å²) in [5.41, 5.74) is 1.15. The van der Waals surface area contributed by atoms with Crippen LogP contribution in [-0.2, 0) is 4.79 Å². The summed E-state index contributed by atoms with van der Waals surface area (Å²) in [4.78, 5) is 24.0. The first-order valence-corrected chi connectivity index (χ1v) is 6.84. The van der Waals surface area contributed by atoms with Crippen molar-refractivity contribution in [1.29, 1.82) is 0 Å². The molecule has 2 N–H and O–H groups in total. The molecule has 0 heterocycles. The first-order chi connectivity index (χ1) is 9.54. The summed E-state index contributed by atoms with van der Waals surface area (Å²) in [5.74, 6) is -0.807. The molecule has 0 saturated carbocycles. The summed E-state index contributed by atoms with van der Waals surface area (Å²) in [7, 11) is 0. The maximum atomic E-state index is 12.0. The van der Waals surface area contributed by atoms with Crippen molar-refractivity contribution >= 4 is 12.0 Å². The van der Waals surface area contributed by atoms with Crippen LogP contribution in [0.25, 0.3) is 0 Å². The Bertz CT molecular complexity index is 434. The van der Waals surface area contributed by atoms with Crippen LogP contribution in [0.2, 0.25) is 0 Å². The van der Waals surface area contributed by atoms with Crippen LogP contribution in [0.4, 0.5) is 4.79 Å². The van der Waals surface area contributed by atoms with Crippen LogP contribution in [-0.4, -0.2) is 41.6 Å². The van der Waals surface area contributed by atoms with Gasteiger partial charge in [-0.15, -0.1) is 0 Å². The topological polar surface area (TPSA) is 69.6 Å². The molecule has 1 aromatic carbocycles. The molecule has 0 aliphatic rings. The van der Waals surface area contributed by atoms with Crippen LogP contribution in [0.3, 0.4) is 0 Å². The van der Waals surface area contributed by atoms with Crippen molar-refractivity contribution < 1.29 is 14.7 Å². The number of aliphatic carboxylic acids is 1. The lowest BCUT2D eigenvalue weighted by molar-refractivity contribution is -0.137. The molecule has 2 amide bonds. The predicted molar refractivity (Wildman–Crippen MR) is 77.8 cm³/mol. The third-order valence-electron chi connectivity index (χ3n) is 3.03. The normalized spacial score (nSPS) is 11.7. The largest absolute Gasteiger partial charge is 0.480 e. The third kappa shape index (κ3) is 5.30. The minimum absolute atomic E-state index is 0.188. The standard InChI is InChI=1S/C15H22N2O3/c1-3-9-17(11-14(18)19)15(20)16-10-12(2)13-7-5-4-6-8-13/h4-8,12H,3,9-11H2,1-2H3,(H,16,20)(H,18,19). The average molecular weight is 278 g/mol. The lowest BCUT2D eigenvalue weighted by Gasteiger charge is -2.22. The second-order valence-electron chi connectivity index (χ2n) is 4.81. The molecule has 1 rings (SSSR count). The van der Waals surface area contributed by atoms with E-state index in [0.29, 0.717) is 13.1 Å². The van der Waals surface area contributed by atoms with E-state index in [1.54, 1.807) is 0 Å². The number of urea groups is 1. The number of nitrogens with zero attached hydrogens (tertiary/aromatic N) is 1. The molecule has 0 aliphatic carbocycles. The van der Waals surface area contributed by atoms with Crippen LogP contribution in [0.1, 0.15) is 31.7 Å². The minimum Gasteiger partial charge on any atom is -0.480 e. The molecular weight excluding hydrogens is 256 g/mol. The van der Waals surface area contributed by atoms with E-state index in [1.165, 1.54) is 4.90 Å². The molecule has 0 saturated heterocycles. The smallest absolute Gasteiger partial charge is 0.323 e. The molecular formula is C15H22N2O3. The van der Waals surface area contributed by atoms with Gasteiger partial charge in [-0.05, 0) is 17.9 Å². The van der Waals surface area contributed by atoms with E-state index in [4.69, 9.17) is 5.11 Å². The number of benzene rings is 1. The van der Waals surface area contributed by atoms with Crippen molar-refractivity contribution in [1.82, 2.24) is 10.2 Å². The summed E-state index contributed by atoms with van der Waals surface area (Å²) in [6, 6.07) is 9.57. The van der Waals surface area contributed by atoms with Gasteiger partial charge < -0.3 is 15.3 Å². The lowest BCUT2D eigenvalue weighted by Crippen LogP contribution is -2.44. The molecule has 1 unspecified atom stereocenters. The quantitative estimate of drug-likeness (QED) is 0.804. The molecule has 1 aromatic rings. The Kier molecular flexibility index (Phi) is 6.56. The highest BCUT2D eigenvalue weighted by Crippen LogP contribution is 2.13. The molecule has 0 fully saturated rings.